The molecule has 1 aromatic rings. The van der Waals surface area contributed by atoms with Crippen LogP contribution in [0.25, 0.3) is 0 Å². The smallest absolute Gasteiger partial charge is 0.303 e. The molecule has 1 heterocycles. The van der Waals surface area contributed by atoms with E-state index < -0.39 is 11.7 Å². The summed E-state index contributed by atoms with van der Waals surface area (Å²) >= 11 is 0. The van der Waals surface area contributed by atoms with Gasteiger partial charge in [-0.1, -0.05) is 26.7 Å². The number of nitrogens with zero attached hydrogens (tertiary/aromatic N) is 1. The van der Waals surface area contributed by atoms with Gasteiger partial charge >= 0.3 is 6.18 Å². The molecule has 0 atom stereocenters. The van der Waals surface area contributed by atoms with Gasteiger partial charge < -0.3 is 5.41 Å². The molecule has 5 heteroatoms. The van der Waals surface area contributed by atoms with Crippen LogP contribution in [0.1, 0.15) is 44.4 Å². The molecule has 0 spiro atoms. The molecule has 0 aliphatic rings. The van der Waals surface area contributed by atoms with Crippen molar-refractivity contribution in [3.05, 3.63) is 29.6 Å². The molecular weight excluding hydrogens is 241 g/mol. The zero-order chi connectivity index (χ0) is 13.8. The third-order valence-electron chi connectivity index (χ3n) is 3.05. The van der Waals surface area contributed by atoms with E-state index in [4.69, 9.17) is 5.41 Å². The molecule has 0 aliphatic carbocycles. The van der Waals surface area contributed by atoms with Gasteiger partial charge in [-0.3, -0.25) is 4.98 Å². The van der Waals surface area contributed by atoms with Crippen LogP contribution in [0.3, 0.4) is 0 Å². The van der Waals surface area contributed by atoms with Crippen LogP contribution in [0.2, 0.25) is 0 Å². The highest BCUT2D eigenvalue weighted by Crippen LogP contribution is 2.28. The third kappa shape index (κ3) is 3.82. The Balaban J connectivity index is 2.76. The first-order valence-corrected chi connectivity index (χ1v) is 5.99. The first-order valence-electron chi connectivity index (χ1n) is 5.99. The Morgan fingerprint density at radius 1 is 1.28 bits per heavy atom. The van der Waals surface area contributed by atoms with Crippen molar-refractivity contribution in [2.75, 3.05) is 0 Å². The number of hydrogen-bond donors (Lipinski definition) is 1. The Kier molecular flexibility index (Phi) is 4.87. The van der Waals surface area contributed by atoms with Crippen LogP contribution in [0.4, 0.5) is 13.2 Å². The molecule has 100 valence electrons. The average Bonchev–Trinajstić information content (AvgIpc) is 2.34. The summed E-state index contributed by atoms with van der Waals surface area (Å²) in [6.07, 6.45) is -1.11. The molecule has 1 rings (SSSR count). The quantitative estimate of drug-likeness (QED) is 0.786. The lowest BCUT2D eigenvalue weighted by Crippen LogP contribution is -2.11. The fourth-order valence-electron chi connectivity index (χ4n) is 1.71. The summed E-state index contributed by atoms with van der Waals surface area (Å²) in [5.74, 6) is 0.390. The molecule has 1 aromatic heterocycles. The lowest BCUT2D eigenvalue weighted by Gasteiger charge is -2.13. The molecule has 0 amide bonds. The number of halogens is 3. The second kappa shape index (κ2) is 5.98. The van der Waals surface area contributed by atoms with Crippen LogP contribution in [0, 0.1) is 11.3 Å². The molecule has 1 N–H and O–H groups in total. The van der Waals surface area contributed by atoms with Gasteiger partial charge in [0.25, 0.3) is 0 Å². The van der Waals surface area contributed by atoms with E-state index in [1.54, 1.807) is 0 Å². The Labute approximate surface area is 105 Å². The maximum absolute atomic E-state index is 12.3. The first kappa shape index (κ1) is 14.7. The predicted molar refractivity (Wildman–Crippen MR) is 64.8 cm³/mol. The Morgan fingerprint density at radius 3 is 2.28 bits per heavy atom. The molecule has 0 unspecified atom stereocenters. The van der Waals surface area contributed by atoms with Crippen LogP contribution in [-0.4, -0.2) is 10.7 Å². The molecular formula is C13H17F3N2. The number of alkyl halides is 3. The molecule has 0 aromatic carbocycles. The Bertz CT molecular complexity index is 392. The Hall–Kier alpha value is -1.39. The second-order valence-electron chi connectivity index (χ2n) is 4.30. The van der Waals surface area contributed by atoms with Gasteiger partial charge in [-0.05, 0) is 24.5 Å². The van der Waals surface area contributed by atoms with E-state index in [-0.39, 0.29) is 0 Å². The van der Waals surface area contributed by atoms with Crippen LogP contribution in [0.5, 0.6) is 0 Å². The fourth-order valence-corrected chi connectivity index (χ4v) is 1.71. The van der Waals surface area contributed by atoms with Gasteiger partial charge in [-0.25, -0.2) is 0 Å². The minimum atomic E-state index is -4.37. The van der Waals surface area contributed by atoms with Crippen molar-refractivity contribution < 1.29 is 13.2 Å². The van der Waals surface area contributed by atoms with Gasteiger partial charge in [0.2, 0.25) is 0 Å². The van der Waals surface area contributed by atoms with Gasteiger partial charge in [0.05, 0.1) is 17.0 Å². The Morgan fingerprint density at radius 2 is 1.89 bits per heavy atom. The molecule has 0 radical (unpaired) electrons. The highest BCUT2D eigenvalue weighted by molar-refractivity contribution is 5.96. The standard InChI is InChI=1S/C13H17F3N2/c1-3-9(4-2)7-11(17)12-6-5-10(8-18-12)13(14,15)16/h5-6,8-9,17H,3-4,7H2,1-2H3. The van der Waals surface area contributed by atoms with Gasteiger partial charge in [0.15, 0.2) is 0 Å². The molecule has 0 fully saturated rings. The van der Waals surface area contributed by atoms with E-state index in [9.17, 15) is 13.2 Å². The topological polar surface area (TPSA) is 36.7 Å². The maximum atomic E-state index is 12.3. The molecule has 0 aliphatic heterocycles. The summed E-state index contributed by atoms with van der Waals surface area (Å²) in [5, 5.41) is 7.85. The molecule has 0 bridgehead atoms. The van der Waals surface area contributed by atoms with Gasteiger partial charge in [0.1, 0.15) is 0 Å². The largest absolute Gasteiger partial charge is 0.417 e. The summed E-state index contributed by atoms with van der Waals surface area (Å²) in [6.45, 7) is 4.09. The summed E-state index contributed by atoms with van der Waals surface area (Å²) in [4.78, 5) is 3.72. The number of aromatic nitrogens is 1. The van der Waals surface area contributed by atoms with Gasteiger partial charge in [-0.15, -0.1) is 0 Å². The normalized spacial score (nSPS) is 11.9. The third-order valence-corrected chi connectivity index (χ3v) is 3.05. The van der Waals surface area contributed by atoms with Crippen molar-refractivity contribution in [3.8, 4) is 0 Å². The number of hydrogen-bond acceptors (Lipinski definition) is 2. The number of rotatable bonds is 5. The monoisotopic (exact) mass is 258 g/mol. The van der Waals surface area contributed by atoms with E-state index >= 15 is 0 Å². The average molecular weight is 258 g/mol. The van der Waals surface area contributed by atoms with E-state index in [0.717, 1.165) is 25.1 Å². The highest BCUT2D eigenvalue weighted by atomic mass is 19.4. The first-order chi connectivity index (χ1) is 8.38. The summed E-state index contributed by atoms with van der Waals surface area (Å²) in [5.41, 5.74) is -0.145. The fraction of sp³-hybridized carbons (Fsp3) is 0.538. The minimum absolute atomic E-state index is 0.303. The van der Waals surface area contributed by atoms with Crippen LogP contribution >= 0.6 is 0 Å². The summed E-state index contributed by atoms with van der Waals surface area (Å²) in [7, 11) is 0. The van der Waals surface area contributed by atoms with Crippen LogP contribution in [0.15, 0.2) is 18.3 Å². The van der Waals surface area contributed by atoms with Crippen molar-refractivity contribution in [3.63, 3.8) is 0 Å². The highest BCUT2D eigenvalue weighted by Gasteiger charge is 2.30. The van der Waals surface area contributed by atoms with Crippen molar-refractivity contribution in [1.82, 2.24) is 4.98 Å². The second-order valence-corrected chi connectivity index (χ2v) is 4.30. The lowest BCUT2D eigenvalue weighted by molar-refractivity contribution is -0.137. The zero-order valence-corrected chi connectivity index (χ0v) is 10.5. The maximum Gasteiger partial charge on any atom is 0.417 e. The molecule has 0 saturated heterocycles. The van der Waals surface area contributed by atoms with Crippen molar-refractivity contribution in [2.45, 2.75) is 39.3 Å². The van der Waals surface area contributed by atoms with Gasteiger partial charge in [-0.2, -0.15) is 13.2 Å². The van der Waals surface area contributed by atoms with Crippen molar-refractivity contribution in [2.24, 2.45) is 5.92 Å². The number of nitrogens with one attached hydrogen (secondary N) is 1. The van der Waals surface area contributed by atoms with E-state index in [0.29, 0.717) is 23.7 Å². The van der Waals surface area contributed by atoms with Gasteiger partial charge in [0, 0.05) is 6.20 Å². The van der Waals surface area contributed by atoms with Crippen molar-refractivity contribution in [1.29, 1.82) is 5.41 Å². The van der Waals surface area contributed by atoms with E-state index in [1.165, 1.54) is 6.07 Å². The molecule has 2 nitrogen and oxygen atoms in total. The van der Waals surface area contributed by atoms with Crippen molar-refractivity contribution >= 4 is 5.71 Å². The summed E-state index contributed by atoms with van der Waals surface area (Å²) < 4.78 is 37.0. The van der Waals surface area contributed by atoms with E-state index in [2.05, 4.69) is 4.98 Å². The van der Waals surface area contributed by atoms with E-state index in [1.807, 2.05) is 13.8 Å². The zero-order valence-electron chi connectivity index (χ0n) is 10.5. The van der Waals surface area contributed by atoms with Crippen LogP contribution in [-0.2, 0) is 6.18 Å². The van der Waals surface area contributed by atoms with Crippen LogP contribution < -0.4 is 0 Å². The SMILES string of the molecule is CCC(CC)CC(=N)c1ccc(C(F)(F)F)cn1. The minimum Gasteiger partial charge on any atom is -0.303 e. The summed E-state index contributed by atoms with van der Waals surface area (Å²) in [6, 6.07) is 2.25. The lowest BCUT2D eigenvalue weighted by atomic mass is 9.95. The molecule has 18 heavy (non-hydrogen) atoms. The predicted octanol–water partition coefficient (Wildman–Crippen LogP) is 4.29. The molecule has 0 saturated carbocycles. The number of pyridine rings is 1.